The molecule has 1 saturated heterocycles. The second-order valence-corrected chi connectivity index (χ2v) is 7.21. The van der Waals surface area contributed by atoms with E-state index in [1.807, 2.05) is 0 Å². The summed E-state index contributed by atoms with van der Waals surface area (Å²) < 4.78 is 0. The Balaban J connectivity index is 1.79. The number of hydrogen-bond donors (Lipinski definition) is 1. The second kappa shape index (κ2) is 6.62. The van der Waals surface area contributed by atoms with E-state index in [0.29, 0.717) is 20.5 Å². The topological polar surface area (TPSA) is 37.1 Å². The number of aliphatic imine (C=N–C) groups is 1. The van der Waals surface area contributed by atoms with Crippen LogP contribution < -0.4 is 4.90 Å². The van der Waals surface area contributed by atoms with Crippen molar-refractivity contribution in [3.8, 4) is 0 Å². The van der Waals surface area contributed by atoms with E-state index in [4.69, 9.17) is 23.2 Å². The summed E-state index contributed by atoms with van der Waals surface area (Å²) in [5, 5.41) is 1.85. The van der Waals surface area contributed by atoms with Gasteiger partial charge in [0, 0.05) is 15.6 Å². The minimum Gasteiger partial charge on any atom is -0.339 e. The summed E-state index contributed by atoms with van der Waals surface area (Å²) in [5.74, 6) is -0.220. The van der Waals surface area contributed by atoms with Crippen LogP contribution in [-0.2, 0) is 4.79 Å². The number of halogens is 2. The number of benzene rings is 1. The third-order valence-corrected chi connectivity index (χ3v) is 5.48. The zero-order valence-electron chi connectivity index (χ0n) is 12.1. The van der Waals surface area contributed by atoms with Gasteiger partial charge in [-0.1, -0.05) is 29.3 Å². The van der Waals surface area contributed by atoms with Gasteiger partial charge in [0.2, 0.25) is 0 Å². The fourth-order valence-corrected chi connectivity index (χ4v) is 3.85. The van der Waals surface area contributed by atoms with E-state index in [1.54, 1.807) is 24.3 Å². The van der Waals surface area contributed by atoms with E-state index in [9.17, 15) is 4.79 Å². The minimum absolute atomic E-state index is 0.220. The number of nitrogens with one attached hydrogen (secondary N) is 1. The van der Waals surface area contributed by atoms with Crippen molar-refractivity contribution in [1.82, 2.24) is 4.90 Å². The largest absolute Gasteiger partial charge is 0.339 e. The lowest BCUT2D eigenvalue weighted by atomic mass is 10.2. The lowest BCUT2D eigenvalue weighted by molar-refractivity contribution is -0.883. The molecule has 2 heterocycles. The van der Waals surface area contributed by atoms with Crippen molar-refractivity contribution in [2.45, 2.75) is 0 Å². The predicted molar refractivity (Wildman–Crippen MR) is 92.7 cm³/mol. The van der Waals surface area contributed by atoms with Crippen LogP contribution in [0.15, 0.2) is 28.1 Å². The van der Waals surface area contributed by atoms with Crippen LogP contribution in [0.25, 0.3) is 6.08 Å². The molecule has 1 fully saturated rings. The quantitative estimate of drug-likeness (QED) is 0.779. The van der Waals surface area contributed by atoms with Crippen molar-refractivity contribution < 1.29 is 9.69 Å². The van der Waals surface area contributed by atoms with E-state index < -0.39 is 0 Å². The lowest BCUT2D eigenvalue weighted by Gasteiger charge is -2.30. The highest BCUT2D eigenvalue weighted by molar-refractivity contribution is 8.18. The van der Waals surface area contributed by atoms with Crippen LogP contribution in [0.5, 0.6) is 0 Å². The molecule has 4 nitrogen and oxygen atoms in total. The molecule has 0 radical (unpaired) electrons. The number of amidine groups is 1. The molecule has 22 heavy (non-hydrogen) atoms. The van der Waals surface area contributed by atoms with Crippen LogP contribution >= 0.6 is 35.0 Å². The Morgan fingerprint density at radius 3 is 2.55 bits per heavy atom. The van der Waals surface area contributed by atoms with Gasteiger partial charge in [0.25, 0.3) is 5.91 Å². The number of nitrogens with zero attached hydrogens (tertiary/aromatic N) is 2. The number of amides is 1. The summed E-state index contributed by atoms with van der Waals surface area (Å²) in [5.41, 5.74) is 0.668. The smallest absolute Gasteiger partial charge is 0.286 e. The molecule has 2 aliphatic heterocycles. The molecule has 1 N–H and O–H groups in total. The molecule has 116 valence electrons. The second-order valence-electron chi connectivity index (χ2n) is 5.39. The lowest BCUT2D eigenvalue weighted by Crippen LogP contribution is -3.12. The summed E-state index contributed by atoms with van der Waals surface area (Å²) in [6.07, 6.45) is 1.73. The van der Waals surface area contributed by atoms with Crippen molar-refractivity contribution in [3.63, 3.8) is 0 Å². The molecule has 0 bridgehead atoms. The summed E-state index contributed by atoms with van der Waals surface area (Å²) in [7, 11) is 2.18. The molecule has 3 rings (SSSR count). The monoisotopic (exact) mass is 356 g/mol. The first-order chi connectivity index (χ1) is 10.5. The zero-order chi connectivity index (χ0) is 15.7. The number of rotatable bonds is 1. The van der Waals surface area contributed by atoms with Gasteiger partial charge in [-0.15, -0.1) is 0 Å². The number of quaternary nitrogens is 1. The van der Waals surface area contributed by atoms with E-state index in [-0.39, 0.29) is 5.91 Å². The van der Waals surface area contributed by atoms with Crippen molar-refractivity contribution in [2.75, 3.05) is 33.2 Å². The van der Waals surface area contributed by atoms with Crippen molar-refractivity contribution in [2.24, 2.45) is 4.99 Å². The predicted octanol–water partition coefficient (Wildman–Crippen LogP) is 1.79. The van der Waals surface area contributed by atoms with Crippen LogP contribution in [0.1, 0.15) is 5.56 Å². The van der Waals surface area contributed by atoms with Gasteiger partial charge in [0.1, 0.15) is 0 Å². The molecular weight excluding hydrogens is 341 g/mol. The molecule has 0 saturated carbocycles. The Labute approximate surface area is 143 Å². The van der Waals surface area contributed by atoms with Crippen molar-refractivity contribution in [1.29, 1.82) is 0 Å². The van der Waals surface area contributed by atoms with E-state index in [2.05, 4.69) is 16.9 Å². The number of carbonyl (C=O) groups excluding carboxylic acids is 1. The van der Waals surface area contributed by atoms with Gasteiger partial charge in [-0.05, 0) is 30.0 Å². The maximum atomic E-state index is 12.1. The number of carbonyl (C=O) groups is 1. The van der Waals surface area contributed by atoms with Gasteiger partial charge in [0.15, 0.2) is 5.17 Å². The molecule has 2 aliphatic rings. The average molecular weight is 357 g/mol. The molecule has 0 atom stereocenters. The van der Waals surface area contributed by atoms with Gasteiger partial charge >= 0.3 is 0 Å². The highest BCUT2D eigenvalue weighted by Gasteiger charge is 2.29. The summed E-state index contributed by atoms with van der Waals surface area (Å²) in [6, 6.07) is 5.30. The molecule has 0 spiro atoms. The molecule has 7 heteroatoms. The molecule has 0 aliphatic carbocycles. The minimum atomic E-state index is -0.220. The van der Waals surface area contributed by atoms with Gasteiger partial charge in [0.05, 0.1) is 38.1 Å². The number of hydrogen-bond acceptors (Lipinski definition) is 3. The van der Waals surface area contributed by atoms with Gasteiger partial charge in [-0.2, -0.15) is 4.99 Å². The van der Waals surface area contributed by atoms with E-state index >= 15 is 0 Å². The number of thioether (sulfide) groups is 1. The molecule has 1 aromatic rings. The first kappa shape index (κ1) is 15.9. The Kier molecular flexibility index (Phi) is 4.78. The Hall–Kier alpha value is -1.01. The maximum Gasteiger partial charge on any atom is 0.286 e. The highest BCUT2D eigenvalue weighted by Crippen LogP contribution is 2.34. The van der Waals surface area contributed by atoms with Crippen molar-refractivity contribution in [3.05, 3.63) is 38.7 Å². The maximum absolute atomic E-state index is 12.1. The van der Waals surface area contributed by atoms with Gasteiger partial charge in [-0.25, -0.2) is 0 Å². The summed E-state index contributed by atoms with van der Waals surface area (Å²) in [4.78, 5) is 20.5. The normalized spacial score (nSPS) is 21.6. The van der Waals surface area contributed by atoms with Crippen LogP contribution in [0, 0.1) is 0 Å². The molecule has 0 aromatic heterocycles. The standard InChI is InChI=1S/C15H15Cl2N3OS/c1-19-5-7-20(8-6-19)15-18-14(21)13(22-15)9-10-11(16)3-2-4-12(10)17/h2-4,9H,5-8H2,1H3/p+1/b13-9-. The van der Waals surface area contributed by atoms with Crippen LogP contribution in [0.4, 0.5) is 0 Å². The first-order valence-corrected chi connectivity index (χ1v) is 8.64. The molecule has 0 unspecified atom stereocenters. The Bertz CT molecular complexity index is 647. The average Bonchev–Trinajstić information content (AvgIpc) is 2.85. The molecular formula is C15H16Cl2N3OS+. The Morgan fingerprint density at radius 1 is 1.27 bits per heavy atom. The van der Waals surface area contributed by atoms with Gasteiger partial charge in [-0.3, -0.25) is 4.79 Å². The molecule has 1 aromatic carbocycles. The van der Waals surface area contributed by atoms with Crippen LogP contribution in [0.2, 0.25) is 10.0 Å². The fraction of sp³-hybridized carbons (Fsp3) is 0.333. The summed E-state index contributed by atoms with van der Waals surface area (Å²) in [6.45, 7) is 3.96. The van der Waals surface area contributed by atoms with Gasteiger partial charge < -0.3 is 9.80 Å². The molecule has 1 amide bonds. The Morgan fingerprint density at radius 2 is 1.91 bits per heavy atom. The number of piperazine rings is 1. The highest BCUT2D eigenvalue weighted by atomic mass is 35.5. The zero-order valence-corrected chi connectivity index (χ0v) is 14.4. The van der Waals surface area contributed by atoms with E-state index in [1.165, 1.54) is 16.7 Å². The van der Waals surface area contributed by atoms with E-state index in [0.717, 1.165) is 31.3 Å². The van der Waals surface area contributed by atoms with Crippen molar-refractivity contribution >= 4 is 52.1 Å². The SMILES string of the molecule is C[NH+]1CCN(C2=NC(=O)/C(=C/c3c(Cl)cccc3Cl)S2)CC1. The fourth-order valence-electron chi connectivity index (χ4n) is 2.39. The number of likely N-dealkylation sites (N-methyl/N-ethyl adjacent to an activating group) is 1. The first-order valence-electron chi connectivity index (χ1n) is 7.07. The third kappa shape index (κ3) is 3.33. The third-order valence-electron chi connectivity index (χ3n) is 3.77. The van der Waals surface area contributed by atoms with Crippen LogP contribution in [-0.4, -0.2) is 49.2 Å². The summed E-state index contributed by atoms with van der Waals surface area (Å²) >= 11 is 13.7. The van der Waals surface area contributed by atoms with Crippen LogP contribution in [0.3, 0.4) is 0 Å².